The van der Waals surface area contributed by atoms with Gasteiger partial charge in [0.05, 0.1) is 12.1 Å². The fraction of sp³-hybridized carbons (Fsp3) is 0.459. The molecule has 0 radical (unpaired) electrons. The predicted octanol–water partition coefficient (Wildman–Crippen LogP) is 6.57. The summed E-state index contributed by atoms with van der Waals surface area (Å²) >= 11 is 8.73. The molecule has 5 rings (SSSR count). The number of nitrogens with zero attached hydrogens (tertiary/aromatic N) is 2. The molecule has 15 heteroatoms. The zero-order valence-corrected chi connectivity index (χ0v) is 32.7. The summed E-state index contributed by atoms with van der Waals surface area (Å²) < 4.78 is 16.9. The van der Waals surface area contributed by atoms with Gasteiger partial charge in [-0.05, 0) is 82.6 Å². The van der Waals surface area contributed by atoms with E-state index in [4.69, 9.17) is 25.6 Å². The van der Waals surface area contributed by atoms with Crippen molar-refractivity contribution in [2.24, 2.45) is 11.8 Å². The summed E-state index contributed by atoms with van der Waals surface area (Å²) in [7, 11) is 0. The van der Waals surface area contributed by atoms with Crippen molar-refractivity contribution in [1.82, 2.24) is 31.1 Å². The molecule has 4 aromatic rings. The zero-order valence-electron chi connectivity index (χ0n) is 29.8. The molecular formula is C37H44ClIN6O7. The number of carbonyl (C=O) groups excluding carboxylic acids is 4. The van der Waals surface area contributed by atoms with Crippen LogP contribution in [0.1, 0.15) is 93.3 Å². The van der Waals surface area contributed by atoms with Crippen molar-refractivity contribution in [2.75, 3.05) is 6.61 Å². The van der Waals surface area contributed by atoms with Crippen molar-refractivity contribution in [3.05, 3.63) is 79.6 Å². The number of esters is 1. The lowest BCUT2D eigenvalue weighted by atomic mass is 9.78. The summed E-state index contributed by atoms with van der Waals surface area (Å²) in [6.45, 7) is 9.47. The minimum atomic E-state index is -1.47. The number of carbonyl (C=O) groups is 4. The molecule has 2 aromatic heterocycles. The highest BCUT2D eigenvalue weighted by Gasteiger charge is 2.47. The fourth-order valence-electron chi connectivity index (χ4n) is 6.34. The first kappa shape index (κ1) is 39.0. The lowest BCUT2D eigenvalue weighted by Gasteiger charge is -2.39. The minimum absolute atomic E-state index is 0.0309. The van der Waals surface area contributed by atoms with E-state index in [1.807, 2.05) is 70.2 Å². The topological polar surface area (TPSA) is 178 Å². The Bertz CT molecular complexity index is 1920. The number of nitrogens with one attached hydrogen (secondary N) is 4. The van der Waals surface area contributed by atoms with E-state index in [1.165, 1.54) is 0 Å². The van der Waals surface area contributed by atoms with Gasteiger partial charge in [0.2, 0.25) is 17.7 Å². The van der Waals surface area contributed by atoms with Crippen molar-refractivity contribution in [2.45, 2.75) is 91.0 Å². The number of H-pyrrole nitrogens is 1. The molecule has 0 saturated carbocycles. The molecule has 278 valence electrons. The van der Waals surface area contributed by atoms with E-state index in [9.17, 15) is 19.2 Å². The van der Waals surface area contributed by atoms with Crippen LogP contribution in [0.25, 0.3) is 10.9 Å². The first-order valence-electron chi connectivity index (χ1n) is 17.5. The Kier molecular flexibility index (Phi) is 12.8. The number of hydrogen-bond donors (Lipinski definition) is 4. The van der Waals surface area contributed by atoms with Gasteiger partial charge < -0.3 is 34.9 Å². The average molecular weight is 847 g/mol. The Morgan fingerprint density at radius 1 is 1.04 bits per heavy atom. The van der Waals surface area contributed by atoms with Crippen LogP contribution in [-0.4, -0.2) is 57.2 Å². The zero-order chi connectivity index (χ0) is 37.6. The molecule has 2 aromatic carbocycles. The quantitative estimate of drug-likeness (QED) is 0.0807. The van der Waals surface area contributed by atoms with Crippen molar-refractivity contribution in [3.63, 3.8) is 0 Å². The number of halogens is 2. The lowest BCUT2D eigenvalue weighted by molar-refractivity contribution is -0.136. The molecule has 13 nitrogen and oxygen atoms in total. The number of aryl methyl sites for hydroxylation is 1. The number of amides is 3. The van der Waals surface area contributed by atoms with E-state index in [0.29, 0.717) is 24.3 Å². The van der Waals surface area contributed by atoms with Gasteiger partial charge in [-0.15, -0.1) is 0 Å². The highest BCUT2D eigenvalue weighted by Crippen LogP contribution is 2.38. The standard InChI is InChI=1S/C37H44ClIN6O7/c1-6-20(4)28(42-36(49)51-19-22-12-10-9-11-13-22)32(46)44-37(15-14-27-25(18-37)24-16-23(38)17-26(39)30(24)40-27)35(48)41-29(21(5)7-2)33-43-31(45-52-33)34(47)50-8-3/h9-13,16-17,20-21,28-29,40H,6-8,14-15,18-19H2,1-5H3,(H,41,48)(H,42,49)(H,44,46)/t20?,21?,28-,29-,37-/m0/s1. The summed E-state index contributed by atoms with van der Waals surface area (Å²) in [5, 5.41) is 14.1. The number of fused-ring (bicyclic) bond motifs is 3. The largest absolute Gasteiger partial charge is 0.460 e. The molecule has 0 bridgehead atoms. The molecule has 1 aliphatic carbocycles. The Balaban J connectivity index is 1.48. The molecule has 0 spiro atoms. The first-order valence-corrected chi connectivity index (χ1v) is 18.9. The number of hydrogen-bond acceptors (Lipinski definition) is 9. The maximum atomic E-state index is 14.8. The smallest absolute Gasteiger partial charge is 0.408 e. The van der Waals surface area contributed by atoms with Crippen LogP contribution < -0.4 is 16.0 Å². The Labute approximate surface area is 320 Å². The van der Waals surface area contributed by atoms with E-state index in [-0.39, 0.29) is 49.6 Å². The third kappa shape index (κ3) is 8.71. The van der Waals surface area contributed by atoms with Crippen molar-refractivity contribution in [3.8, 4) is 0 Å². The number of benzene rings is 2. The maximum absolute atomic E-state index is 14.8. The second kappa shape index (κ2) is 17.1. The van der Waals surface area contributed by atoms with Gasteiger partial charge >= 0.3 is 12.1 Å². The Morgan fingerprint density at radius 3 is 2.46 bits per heavy atom. The van der Waals surface area contributed by atoms with E-state index >= 15 is 0 Å². The minimum Gasteiger partial charge on any atom is -0.460 e. The number of aromatic amines is 1. The van der Waals surface area contributed by atoms with Crippen molar-refractivity contribution in [1.29, 1.82) is 0 Å². The Morgan fingerprint density at radius 2 is 1.77 bits per heavy atom. The van der Waals surface area contributed by atoms with E-state index < -0.39 is 41.5 Å². The Hall–Kier alpha value is -4.18. The number of ether oxygens (including phenoxy) is 2. The fourth-order valence-corrected chi connectivity index (χ4v) is 7.50. The second-order valence-corrected chi connectivity index (χ2v) is 14.8. The van der Waals surface area contributed by atoms with Gasteiger partial charge in [-0.2, -0.15) is 4.98 Å². The number of aromatic nitrogens is 3. The summed E-state index contributed by atoms with van der Waals surface area (Å²) in [5.41, 5.74) is 2.03. The first-order chi connectivity index (χ1) is 24.9. The van der Waals surface area contributed by atoms with Gasteiger partial charge in [-0.1, -0.05) is 82.5 Å². The third-order valence-electron chi connectivity index (χ3n) is 9.74. The maximum Gasteiger partial charge on any atom is 0.408 e. The monoisotopic (exact) mass is 846 g/mol. The van der Waals surface area contributed by atoms with Gasteiger partial charge in [0, 0.05) is 26.1 Å². The molecular weight excluding hydrogens is 803 g/mol. The van der Waals surface area contributed by atoms with E-state index in [0.717, 1.165) is 31.3 Å². The average Bonchev–Trinajstić information content (AvgIpc) is 3.77. The third-order valence-corrected chi connectivity index (χ3v) is 10.8. The van der Waals surface area contributed by atoms with Gasteiger partial charge in [-0.3, -0.25) is 9.59 Å². The molecule has 1 aliphatic rings. The van der Waals surface area contributed by atoms with Crippen LogP contribution in [0, 0.1) is 15.4 Å². The van der Waals surface area contributed by atoms with Crippen LogP contribution in [0.2, 0.25) is 5.02 Å². The van der Waals surface area contributed by atoms with E-state index in [1.54, 1.807) is 6.92 Å². The van der Waals surface area contributed by atoms with Crippen LogP contribution in [0.5, 0.6) is 0 Å². The van der Waals surface area contributed by atoms with E-state index in [2.05, 4.69) is 53.7 Å². The van der Waals surface area contributed by atoms with Crippen LogP contribution in [0.3, 0.4) is 0 Å². The van der Waals surface area contributed by atoms with Gasteiger partial charge in [0.25, 0.3) is 5.82 Å². The van der Waals surface area contributed by atoms with Crippen LogP contribution >= 0.6 is 34.2 Å². The normalized spacial score (nSPS) is 17.7. The van der Waals surface area contributed by atoms with Gasteiger partial charge in [-0.25, -0.2) is 9.59 Å². The predicted molar refractivity (Wildman–Crippen MR) is 203 cm³/mol. The van der Waals surface area contributed by atoms with Gasteiger partial charge in [0.15, 0.2) is 0 Å². The van der Waals surface area contributed by atoms with Crippen LogP contribution in [-0.2, 0) is 38.5 Å². The number of rotatable bonds is 14. The summed E-state index contributed by atoms with van der Waals surface area (Å²) in [4.78, 5) is 62.3. The molecule has 4 N–H and O–H groups in total. The highest BCUT2D eigenvalue weighted by atomic mass is 127. The van der Waals surface area contributed by atoms with Gasteiger partial charge in [0.1, 0.15) is 24.2 Å². The highest BCUT2D eigenvalue weighted by molar-refractivity contribution is 14.1. The molecule has 2 heterocycles. The molecule has 5 atom stereocenters. The summed E-state index contributed by atoms with van der Waals surface area (Å²) in [5.74, 6) is -2.46. The molecule has 0 saturated heterocycles. The SMILES string of the molecule is CCOC(=O)c1noc([C@@H](NC(=O)[C@]2(NC(=O)[C@@H](NC(=O)OCc3ccccc3)C(C)CC)CCc3[nH]c4c(I)cc(Cl)cc4c3C2)C(C)CC)n1. The molecule has 0 fully saturated rings. The van der Waals surface area contributed by atoms with Crippen LogP contribution in [0.4, 0.5) is 4.79 Å². The molecule has 52 heavy (non-hydrogen) atoms. The lowest BCUT2D eigenvalue weighted by Crippen LogP contribution is -2.65. The molecule has 2 unspecified atom stereocenters. The second-order valence-electron chi connectivity index (χ2n) is 13.2. The van der Waals surface area contributed by atoms with Crippen molar-refractivity contribution >= 4 is 69.0 Å². The number of alkyl carbamates (subject to hydrolysis) is 1. The summed E-state index contributed by atoms with van der Waals surface area (Å²) in [6, 6.07) is 11.1. The van der Waals surface area contributed by atoms with Crippen molar-refractivity contribution < 1.29 is 33.2 Å². The molecule has 0 aliphatic heterocycles. The van der Waals surface area contributed by atoms with Crippen LogP contribution in [0.15, 0.2) is 47.0 Å². The summed E-state index contributed by atoms with van der Waals surface area (Å²) in [6.07, 6.45) is 1.25. The molecule has 3 amide bonds.